The van der Waals surface area contributed by atoms with Gasteiger partial charge in [0.2, 0.25) is 5.91 Å². The van der Waals surface area contributed by atoms with Crippen molar-refractivity contribution in [1.82, 2.24) is 4.90 Å². The fourth-order valence-corrected chi connectivity index (χ4v) is 4.04. The van der Waals surface area contributed by atoms with Crippen molar-refractivity contribution in [3.63, 3.8) is 0 Å². The molecule has 1 N–H and O–H groups in total. The van der Waals surface area contributed by atoms with Crippen molar-refractivity contribution in [2.75, 3.05) is 19.0 Å². The minimum absolute atomic E-state index is 0.0526. The predicted octanol–water partition coefficient (Wildman–Crippen LogP) is 4.20. The van der Waals surface area contributed by atoms with Crippen LogP contribution in [0.2, 0.25) is 0 Å². The van der Waals surface area contributed by atoms with Gasteiger partial charge in [-0.1, -0.05) is 30.3 Å². The summed E-state index contributed by atoms with van der Waals surface area (Å²) in [7, 11) is 1.51. The van der Waals surface area contributed by atoms with E-state index in [0.717, 1.165) is 0 Å². The number of anilines is 1. The third-order valence-corrected chi connectivity index (χ3v) is 5.77. The van der Waals surface area contributed by atoms with Gasteiger partial charge in [-0.15, -0.1) is 0 Å². The molecule has 2 atom stereocenters. The zero-order valence-corrected chi connectivity index (χ0v) is 19.1. The van der Waals surface area contributed by atoms with Crippen molar-refractivity contribution in [2.24, 2.45) is 0 Å². The van der Waals surface area contributed by atoms with Crippen molar-refractivity contribution in [3.8, 4) is 11.5 Å². The molecule has 0 bridgehead atoms. The van der Waals surface area contributed by atoms with Gasteiger partial charge in [0.25, 0.3) is 5.91 Å². The van der Waals surface area contributed by atoms with Gasteiger partial charge in [-0.2, -0.15) is 0 Å². The zero-order chi connectivity index (χ0) is 24.1. The number of rotatable bonds is 7. The first-order chi connectivity index (χ1) is 16.5. The van der Waals surface area contributed by atoms with E-state index in [1.807, 2.05) is 30.3 Å². The third-order valence-electron chi connectivity index (χ3n) is 5.77. The number of ketones is 1. The van der Waals surface area contributed by atoms with Gasteiger partial charge < -0.3 is 19.7 Å². The Balaban J connectivity index is 1.57. The second kappa shape index (κ2) is 10.2. The quantitative estimate of drug-likeness (QED) is 0.537. The fraction of sp³-hybridized carbons (Fsp3) is 0.222. The number of para-hydroxylation sites is 2. The van der Waals surface area contributed by atoms with Gasteiger partial charge in [0.15, 0.2) is 5.78 Å². The Morgan fingerprint density at radius 3 is 2.26 bits per heavy atom. The van der Waals surface area contributed by atoms with Gasteiger partial charge in [0.1, 0.15) is 23.6 Å². The van der Waals surface area contributed by atoms with Crippen molar-refractivity contribution < 1.29 is 23.9 Å². The van der Waals surface area contributed by atoms with Crippen LogP contribution >= 0.6 is 0 Å². The third kappa shape index (κ3) is 5.09. The summed E-state index contributed by atoms with van der Waals surface area (Å²) in [4.78, 5) is 39.8. The number of likely N-dealkylation sites (tertiary alicyclic amines) is 1. The van der Waals surface area contributed by atoms with E-state index in [-0.39, 0.29) is 30.2 Å². The van der Waals surface area contributed by atoms with E-state index in [9.17, 15) is 14.4 Å². The van der Waals surface area contributed by atoms with Crippen LogP contribution in [0.25, 0.3) is 0 Å². The molecule has 0 aromatic heterocycles. The smallest absolute Gasteiger partial charge is 0.258 e. The number of hydrogen-bond donors (Lipinski definition) is 1. The molecule has 4 rings (SSSR count). The van der Waals surface area contributed by atoms with Crippen LogP contribution in [0.1, 0.15) is 34.1 Å². The second-order valence-electron chi connectivity index (χ2n) is 8.08. The van der Waals surface area contributed by atoms with Crippen molar-refractivity contribution in [3.05, 3.63) is 90.0 Å². The number of nitrogens with zero attached hydrogens (tertiary/aromatic N) is 1. The summed E-state index contributed by atoms with van der Waals surface area (Å²) < 4.78 is 11.4. The largest absolute Gasteiger partial charge is 0.496 e. The van der Waals surface area contributed by atoms with Crippen LogP contribution in [-0.2, 0) is 4.79 Å². The zero-order valence-electron chi connectivity index (χ0n) is 19.1. The molecule has 1 aliphatic heterocycles. The van der Waals surface area contributed by atoms with Gasteiger partial charge >= 0.3 is 0 Å². The Morgan fingerprint density at radius 2 is 1.59 bits per heavy atom. The second-order valence-corrected chi connectivity index (χ2v) is 8.08. The van der Waals surface area contributed by atoms with E-state index in [1.165, 1.54) is 18.9 Å². The number of carbonyl (C=O) groups excluding carboxylic acids is 3. The summed E-state index contributed by atoms with van der Waals surface area (Å²) in [5.74, 6) is 0.446. The first-order valence-corrected chi connectivity index (χ1v) is 11.0. The molecule has 1 saturated heterocycles. The first kappa shape index (κ1) is 23.0. The van der Waals surface area contributed by atoms with Crippen molar-refractivity contribution >= 4 is 23.3 Å². The molecule has 3 aromatic carbocycles. The van der Waals surface area contributed by atoms with E-state index in [2.05, 4.69) is 5.32 Å². The highest BCUT2D eigenvalue weighted by Gasteiger charge is 2.41. The van der Waals surface area contributed by atoms with Crippen LogP contribution in [0, 0.1) is 0 Å². The maximum absolute atomic E-state index is 13.5. The number of amides is 2. The highest BCUT2D eigenvalue weighted by molar-refractivity contribution is 6.03. The summed E-state index contributed by atoms with van der Waals surface area (Å²) >= 11 is 0. The topological polar surface area (TPSA) is 84.9 Å². The highest BCUT2D eigenvalue weighted by Crippen LogP contribution is 2.28. The molecule has 0 spiro atoms. The number of benzene rings is 3. The van der Waals surface area contributed by atoms with Crippen LogP contribution < -0.4 is 14.8 Å². The van der Waals surface area contributed by atoms with Crippen LogP contribution in [0.4, 0.5) is 5.69 Å². The molecular formula is C27H26N2O5. The first-order valence-electron chi connectivity index (χ1n) is 11.0. The van der Waals surface area contributed by atoms with Crippen LogP contribution in [0.15, 0.2) is 78.9 Å². The molecule has 2 amide bonds. The fourth-order valence-electron chi connectivity index (χ4n) is 4.04. The number of methoxy groups -OCH3 is 1. The van der Waals surface area contributed by atoms with Crippen LogP contribution in [0.5, 0.6) is 11.5 Å². The Kier molecular flexibility index (Phi) is 6.92. The van der Waals surface area contributed by atoms with E-state index in [1.54, 1.807) is 48.5 Å². The molecule has 34 heavy (non-hydrogen) atoms. The molecule has 1 aliphatic rings. The van der Waals surface area contributed by atoms with Crippen molar-refractivity contribution in [2.45, 2.75) is 25.5 Å². The number of nitrogens with one attached hydrogen (secondary N) is 1. The lowest BCUT2D eigenvalue weighted by molar-refractivity contribution is -0.119. The van der Waals surface area contributed by atoms with Crippen LogP contribution in [-0.4, -0.2) is 48.3 Å². The minimum Gasteiger partial charge on any atom is -0.496 e. The highest BCUT2D eigenvalue weighted by atomic mass is 16.5. The molecule has 0 radical (unpaired) electrons. The van der Waals surface area contributed by atoms with Gasteiger partial charge in [-0.05, 0) is 55.5 Å². The minimum atomic E-state index is -0.737. The Hall–Kier alpha value is -4.13. The number of carbonyl (C=O) groups is 3. The summed E-state index contributed by atoms with van der Waals surface area (Å²) in [5, 5.41) is 2.87. The lowest BCUT2D eigenvalue weighted by atomic mass is 10.1. The number of Topliss-reactive ketones (excluding diaryl/α,β-unsaturated/α-hetero) is 1. The molecule has 1 fully saturated rings. The predicted molar refractivity (Wildman–Crippen MR) is 128 cm³/mol. The number of ether oxygens (including phenoxy) is 2. The van der Waals surface area contributed by atoms with E-state index >= 15 is 0 Å². The summed E-state index contributed by atoms with van der Waals surface area (Å²) in [5.41, 5.74) is 1.49. The average Bonchev–Trinajstić information content (AvgIpc) is 3.28. The maximum atomic E-state index is 13.5. The normalized spacial score (nSPS) is 17.2. The molecule has 0 saturated carbocycles. The SMILES string of the molecule is COc1ccccc1C(=O)N1CC(Oc2ccccc2)CC1C(=O)Nc1ccc(C(C)=O)cc1. The molecular weight excluding hydrogens is 432 g/mol. The Morgan fingerprint density at radius 1 is 0.912 bits per heavy atom. The summed E-state index contributed by atoms with van der Waals surface area (Å²) in [6, 6.07) is 22.2. The Bertz CT molecular complexity index is 1180. The summed E-state index contributed by atoms with van der Waals surface area (Å²) in [6.07, 6.45) is -0.00967. The molecule has 0 aliphatic carbocycles. The van der Waals surface area contributed by atoms with Crippen molar-refractivity contribution in [1.29, 1.82) is 0 Å². The average molecular weight is 459 g/mol. The molecule has 1 heterocycles. The molecule has 7 heteroatoms. The Labute approximate surface area is 198 Å². The molecule has 2 unspecified atom stereocenters. The molecule has 3 aromatic rings. The lowest BCUT2D eigenvalue weighted by Gasteiger charge is -2.24. The monoisotopic (exact) mass is 458 g/mol. The van der Waals surface area contributed by atoms with Crippen LogP contribution in [0.3, 0.4) is 0 Å². The van der Waals surface area contributed by atoms with Gasteiger partial charge in [-0.25, -0.2) is 0 Å². The van der Waals surface area contributed by atoms with Gasteiger partial charge in [-0.3, -0.25) is 14.4 Å². The molecule has 174 valence electrons. The van der Waals surface area contributed by atoms with E-state index in [0.29, 0.717) is 34.7 Å². The molecule has 7 nitrogen and oxygen atoms in total. The standard InChI is InChI=1S/C27H26N2O5/c1-18(30)19-12-14-20(15-13-19)28-26(31)24-16-22(34-21-8-4-3-5-9-21)17-29(24)27(32)23-10-6-7-11-25(23)33-2/h3-15,22,24H,16-17H2,1-2H3,(H,28,31). The van der Waals surface area contributed by atoms with E-state index < -0.39 is 6.04 Å². The summed E-state index contributed by atoms with van der Waals surface area (Å²) in [6.45, 7) is 1.74. The number of hydrogen-bond acceptors (Lipinski definition) is 5. The van der Waals surface area contributed by atoms with E-state index in [4.69, 9.17) is 9.47 Å². The maximum Gasteiger partial charge on any atom is 0.258 e. The van der Waals surface area contributed by atoms with Gasteiger partial charge in [0.05, 0.1) is 19.2 Å². The van der Waals surface area contributed by atoms with Gasteiger partial charge in [0, 0.05) is 17.7 Å². The lowest BCUT2D eigenvalue weighted by Crippen LogP contribution is -2.43.